The number of allylic oxidation sites excluding steroid dienone is 1. The Morgan fingerprint density at radius 3 is 2.86 bits per heavy atom. The van der Waals surface area contributed by atoms with Gasteiger partial charge in [0, 0.05) is 28.6 Å². The van der Waals surface area contributed by atoms with Gasteiger partial charge in [-0.1, -0.05) is 24.3 Å². The van der Waals surface area contributed by atoms with Crippen molar-refractivity contribution in [3.8, 4) is 0 Å². The molecule has 0 aliphatic heterocycles. The summed E-state index contributed by atoms with van der Waals surface area (Å²) in [6, 6.07) is 8.00. The largest absolute Gasteiger partial charge is 0.392 e. The number of aromatic nitrogens is 1. The van der Waals surface area contributed by atoms with Gasteiger partial charge in [-0.05, 0) is 6.07 Å². The van der Waals surface area contributed by atoms with Crippen LogP contribution in [-0.2, 0) is 13.0 Å². The zero-order valence-corrected chi connectivity index (χ0v) is 7.96. The molecule has 1 aromatic carbocycles. The van der Waals surface area contributed by atoms with Gasteiger partial charge in [-0.3, -0.25) is 0 Å². The maximum Gasteiger partial charge on any atom is 0.0705 e. The molecule has 0 unspecified atom stereocenters. The van der Waals surface area contributed by atoms with Crippen LogP contribution in [0.1, 0.15) is 11.3 Å². The Labute approximate surface area is 82.9 Å². The van der Waals surface area contributed by atoms with Crippen molar-refractivity contribution in [2.75, 3.05) is 0 Å². The maximum absolute atomic E-state index is 9.28. The molecule has 0 aliphatic rings. The lowest BCUT2D eigenvalue weighted by molar-refractivity contribution is 0.282. The van der Waals surface area contributed by atoms with Crippen molar-refractivity contribution in [1.82, 2.24) is 4.98 Å². The highest BCUT2D eigenvalue weighted by Gasteiger charge is 2.07. The molecule has 1 aromatic heterocycles. The lowest BCUT2D eigenvalue weighted by Crippen LogP contribution is -1.89. The minimum atomic E-state index is 0.0766. The van der Waals surface area contributed by atoms with Crippen LogP contribution < -0.4 is 0 Å². The van der Waals surface area contributed by atoms with Crippen molar-refractivity contribution in [2.45, 2.75) is 13.0 Å². The maximum atomic E-state index is 9.28. The Morgan fingerprint density at radius 1 is 1.36 bits per heavy atom. The zero-order chi connectivity index (χ0) is 9.97. The fourth-order valence-electron chi connectivity index (χ4n) is 1.76. The van der Waals surface area contributed by atoms with Gasteiger partial charge in [-0.25, -0.2) is 0 Å². The Hall–Kier alpha value is -1.54. The van der Waals surface area contributed by atoms with Crippen molar-refractivity contribution in [1.29, 1.82) is 0 Å². The summed E-state index contributed by atoms with van der Waals surface area (Å²) in [5, 5.41) is 10.4. The van der Waals surface area contributed by atoms with Crippen molar-refractivity contribution >= 4 is 10.9 Å². The smallest absolute Gasteiger partial charge is 0.0705 e. The molecule has 2 heteroatoms. The van der Waals surface area contributed by atoms with Crippen LogP contribution in [0.15, 0.2) is 36.9 Å². The van der Waals surface area contributed by atoms with E-state index >= 15 is 0 Å². The van der Waals surface area contributed by atoms with E-state index in [-0.39, 0.29) is 6.61 Å². The third kappa shape index (κ3) is 1.34. The van der Waals surface area contributed by atoms with Crippen LogP contribution in [0.2, 0.25) is 0 Å². The number of hydrogen-bond acceptors (Lipinski definition) is 1. The molecule has 0 saturated carbocycles. The summed E-state index contributed by atoms with van der Waals surface area (Å²) in [5.41, 5.74) is 3.12. The van der Waals surface area contributed by atoms with Crippen molar-refractivity contribution in [3.63, 3.8) is 0 Å². The van der Waals surface area contributed by atoms with Crippen molar-refractivity contribution in [3.05, 3.63) is 48.2 Å². The van der Waals surface area contributed by atoms with Crippen LogP contribution in [0.3, 0.4) is 0 Å². The fraction of sp³-hybridized carbons (Fsp3) is 0.167. The molecule has 2 rings (SSSR count). The summed E-state index contributed by atoms with van der Waals surface area (Å²) in [6.07, 6.45) is 2.61. The van der Waals surface area contributed by atoms with Gasteiger partial charge in [0.2, 0.25) is 0 Å². The molecule has 0 bridgehead atoms. The number of benzene rings is 1. The second kappa shape index (κ2) is 3.68. The van der Waals surface area contributed by atoms with Crippen LogP contribution >= 0.6 is 0 Å². The first kappa shape index (κ1) is 9.03. The normalized spacial score (nSPS) is 10.6. The third-order valence-electron chi connectivity index (χ3n) is 2.41. The number of rotatable bonds is 3. The molecule has 2 N–H and O–H groups in total. The van der Waals surface area contributed by atoms with Gasteiger partial charge < -0.3 is 10.1 Å². The van der Waals surface area contributed by atoms with Gasteiger partial charge in [0.15, 0.2) is 0 Å². The Balaban J connectivity index is 2.65. The fourth-order valence-corrected chi connectivity index (χ4v) is 1.76. The molecule has 2 aromatic rings. The number of para-hydroxylation sites is 1. The van der Waals surface area contributed by atoms with Crippen LogP contribution in [0, 0.1) is 0 Å². The Kier molecular flexibility index (Phi) is 2.37. The molecule has 0 saturated heterocycles. The van der Waals surface area contributed by atoms with E-state index < -0.39 is 0 Å². The number of fused-ring (bicyclic) bond motifs is 1. The van der Waals surface area contributed by atoms with Crippen LogP contribution in [-0.4, -0.2) is 10.1 Å². The van der Waals surface area contributed by atoms with Crippen LogP contribution in [0.25, 0.3) is 10.9 Å². The van der Waals surface area contributed by atoms with E-state index in [1.165, 1.54) is 0 Å². The monoisotopic (exact) mass is 187 g/mol. The Morgan fingerprint density at radius 2 is 2.14 bits per heavy atom. The van der Waals surface area contributed by atoms with Gasteiger partial charge >= 0.3 is 0 Å². The quantitative estimate of drug-likeness (QED) is 0.711. The van der Waals surface area contributed by atoms with E-state index in [0.29, 0.717) is 0 Å². The predicted molar refractivity (Wildman–Crippen MR) is 58.1 cm³/mol. The van der Waals surface area contributed by atoms with Crippen molar-refractivity contribution in [2.24, 2.45) is 0 Å². The van der Waals surface area contributed by atoms with Crippen LogP contribution in [0.4, 0.5) is 0 Å². The van der Waals surface area contributed by atoms with Gasteiger partial charge in [0.1, 0.15) is 0 Å². The summed E-state index contributed by atoms with van der Waals surface area (Å²) in [7, 11) is 0. The van der Waals surface area contributed by atoms with E-state index in [4.69, 9.17) is 0 Å². The number of aliphatic hydroxyl groups excluding tert-OH is 1. The first-order valence-electron chi connectivity index (χ1n) is 4.67. The second-order valence-corrected chi connectivity index (χ2v) is 3.28. The molecule has 0 radical (unpaired) electrons. The summed E-state index contributed by atoms with van der Waals surface area (Å²) < 4.78 is 0. The van der Waals surface area contributed by atoms with E-state index in [0.717, 1.165) is 28.6 Å². The highest BCUT2D eigenvalue weighted by molar-refractivity contribution is 5.84. The van der Waals surface area contributed by atoms with Gasteiger partial charge in [0.05, 0.1) is 6.61 Å². The lowest BCUT2D eigenvalue weighted by Gasteiger charge is -1.96. The SMILES string of the molecule is C=CCc1[nH]c2ccccc2c1CO. The van der Waals surface area contributed by atoms with E-state index in [9.17, 15) is 5.11 Å². The van der Waals surface area contributed by atoms with Gasteiger partial charge in [-0.15, -0.1) is 6.58 Å². The van der Waals surface area contributed by atoms with E-state index in [1.807, 2.05) is 30.3 Å². The van der Waals surface area contributed by atoms with Crippen molar-refractivity contribution < 1.29 is 5.11 Å². The topological polar surface area (TPSA) is 36.0 Å². The molecule has 0 spiro atoms. The molecule has 1 heterocycles. The molecule has 0 atom stereocenters. The molecular formula is C12H13NO. The number of nitrogens with one attached hydrogen (secondary N) is 1. The third-order valence-corrected chi connectivity index (χ3v) is 2.41. The number of hydrogen-bond donors (Lipinski definition) is 2. The minimum absolute atomic E-state index is 0.0766. The number of aliphatic hydroxyl groups is 1. The predicted octanol–water partition coefficient (Wildman–Crippen LogP) is 2.39. The molecule has 0 aliphatic carbocycles. The molecule has 14 heavy (non-hydrogen) atoms. The van der Waals surface area contributed by atoms with Gasteiger partial charge in [0.25, 0.3) is 0 Å². The second-order valence-electron chi connectivity index (χ2n) is 3.28. The zero-order valence-electron chi connectivity index (χ0n) is 7.96. The average molecular weight is 187 g/mol. The molecule has 2 nitrogen and oxygen atoms in total. The number of H-pyrrole nitrogens is 1. The first-order valence-corrected chi connectivity index (χ1v) is 4.67. The Bertz CT molecular complexity index is 456. The molecule has 0 amide bonds. The van der Waals surface area contributed by atoms with E-state index in [1.54, 1.807) is 0 Å². The average Bonchev–Trinajstić information content (AvgIpc) is 2.55. The number of aromatic amines is 1. The first-order chi connectivity index (χ1) is 6.86. The highest BCUT2D eigenvalue weighted by Crippen LogP contribution is 2.22. The summed E-state index contributed by atoms with van der Waals surface area (Å²) >= 11 is 0. The standard InChI is InChI=1S/C12H13NO/c1-2-5-11-10(8-14)9-6-3-4-7-12(9)13-11/h2-4,6-7,13-14H,1,5,8H2. The summed E-state index contributed by atoms with van der Waals surface area (Å²) in [6.45, 7) is 3.78. The summed E-state index contributed by atoms with van der Waals surface area (Å²) in [5.74, 6) is 0. The molecular weight excluding hydrogens is 174 g/mol. The summed E-state index contributed by atoms with van der Waals surface area (Å²) in [4.78, 5) is 3.28. The highest BCUT2D eigenvalue weighted by atomic mass is 16.3. The molecule has 72 valence electrons. The van der Waals surface area contributed by atoms with Gasteiger partial charge in [-0.2, -0.15) is 0 Å². The molecule has 0 fully saturated rings. The lowest BCUT2D eigenvalue weighted by atomic mass is 10.1. The minimum Gasteiger partial charge on any atom is -0.392 e. The van der Waals surface area contributed by atoms with Crippen LogP contribution in [0.5, 0.6) is 0 Å². The van der Waals surface area contributed by atoms with E-state index in [2.05, 4.69) is 11.6 Å².